The van der Waals surface area contributed by atoms with Crippen LogP contribution >= 0.6 is 0 Å². The molecule has 0 saturated heterocycles. The van der Waals surface area contributed by atoms with Gasteiger partial charge in [-0.3, -0.25) is 4.79 Å². The molecule has 0 saturated carbocycles. The van der Waals surface area contributed by atoms with E-state index >= 15 is 0 Å². The first-order valence-electron chi connectivity index (χ1n) is 33.0. The van der Waals surface area contributed by atoms with Crippen LogP contribution in [0.2, 0.25) is 0 Å². The number of ether oxygens (including phenoxy) is 3. The number of hydrogen-bond donors (Lipinski definition) is 3. The van der Waals surface area contributed by atoms with Crippen molar-refractivity contribution in [2.75, 3.05) is 19.8 Å². The molecule has 0 heterocycles. The molecular formula is C76H118O7. The average Bonchev–Trinajstić information content (AvgIpc) is 3.64. The molecule has 0 aliphatic heterocycles. The Hall–Kier alpha value is -5.43. The molecule has 0 bridgehead atoms. The Morgan fingerprint density at radius 3 is 1.02 bits per heavy atom. The lowest BCUT2D eigenvalue weighted by Gasteiger charge is -2.14. The molecule has 464 valence electrons. The standard InChI is InChI=1S/C29H50O3.C24H42O2.C14H14O.C9H12O/c1-4-5-6-7-8-9-10-11-12-13-14-15-16-17-18-19-22-32-28(30)21-20-27-23-25(2)29(31)26(3)24-27;1-5-7-9-11-13-15-17-25-23-19-22(4)24(20-21(23)3)26-18-16-14-12-10-8-6-2;1-10-8-13(9-11(2)14(10)15)12-6-4-3-5-7-12;1-6-4-7(2)9(10)8(3)5-6/h23-24,31H,4-22H2,1-3H3;19-20H,5-18H2,1-4H3;3-9,15H,1-2H3;4-5,10H,1-3H3. The van der Waals surface area contributed by atoms with Crippen LogP contribution in [0.1, 0.15) is 263 Å². The molecule has 0 aliphatic rings. The number of carbonyl (C=O) groups is 1. The molecule has 0 amide bonds. The van der Waals surface area contributed by atoms with Crippen LogP contribution in [0, 0.1) is 62.3 Å². The topological polar surface area (TPSA) is 105 Å². The normalized spacial score (nSPS) is 10.7. The van der Waals surface area contributed by atoms with E-state index in [1.807, 2.05) is 103 Å². The molecule has 0 aromatic heterocycles. The summed E-state index contributed by atoms with van der Waals surface area (Å²) in [4.78, 5) is 11.9. The lowest BCUT2D eigenvalue weighted by molar-refractivity contribution is -0.143. The molecule has 5 aromatic carbocycles. The number of aromatic hydroxyl groups is 3. The summed E-state index contributed by atoms with van der Waals surface area (Å²) in [7, 11) is 0. The predicted octanol–water partition coefficient (Wildman–Crippen LogP) is 22.5. The average molecular weight is 1140 g/mol. The van der Waals surface area contributed by atoms with Crippen molar-refractivity contribution < 1.29 is 34.3 Å². The number of unbranched alkanes of at least 4 members (excludes halogenated alkanes) is 25. The van der Waals surface area contributed by atoms with Gasteiger partial charge in [0, 0.05) is 6.42 Å². The minimum Gasteiger partial charge on any atom is -0.507 e. The second kappa shape index (κ2) is 45.9. The number of hydrogen-bond acceptors (Lipinski definition) is 7. The first-order chi connectivity index (χ1) is 40.0. The van der Waals surface area contributed by atoms with E-state index in [2.05, 4.69) is 58.9 Å². The van der Waals surface area contributed by atoms with E-state index in [1.54, 1.807) is 0 Å². The zero-order valence-electron chi connectivity index (χ0n) is 54.8. The van der Waals surface area contributed by atoms with Crippen LogP contribution in [0.15, 0.2) is 78.9 Å². The van der Waals surface area contributed by atoms with Gasteiger partial charge in [-0.15, -0.1) is 0 Å². The first-order valence-corrected chi connectivity index (χ1v) is 33.0. The molecule has 0 aliphatic carbocycles. The van der Waals surface area contributed by atoms with Gasteiger partial charge < -0.3 is 29.5 Å². The van der Waals surface area contributed by atoms with Crippen molar-refractivity contribution in [2.24, 2.45) is 0 Å². The van der Waals surface area contributed by atoms with Crippen LogP contribution in [0.5, 0.6) is 28.7 Å². The van der Waals surface area contributed by atoms with Crippen LogP contribution in [-0.2, 0) is 16.0 Å². The molecule has 5 aromatic rings. The molecule has 5 rings (SSSR count). The van der Waals surface area contributed by atoms with Gasteiger partial charge in [-0.05, 0) is 173 Å². The molecule has 7 heteroatoms. The van der Waals surface area contributed by atoms with Crippen LogP contribution in [0.4, 0.5) is 0 Å². The quantitative estimate of drug-likeness (QED) is 0.0269. The molecule has 0 unspecified atom stereocenters. The van der Waals surface area contributed by atoms with E-state index in [4.69, 9.17) is 14.2 Å². The van der Waals surface area contributed by atoms with Crippen molar-refractivity contribution in [3.8, 4) is 39.9 Å². The van der Waals surface area contributed by atoms with Crippen LogP contribution in [-0.4, -0.2) is 41.1 Å². The molecule has 83 heavy (non-hydrogen) atoms. The number of phenolic OH excluding ortho intramolecular Hbond substituents is 3. The highest BCUT2D eigenvalue weighted by molar-refractivity contribution is 5.70. The molecule has 0 fully saturated rings. The largest absolute Gasteiger partial charge is 0.507 e. The van der Waals surface area contributed by atoms with Crippen molar-refractivity contribution in [2.45, 2.75) is 276 Å². The Balaban J connectivity index is 0.000000408. The SMILES string of the molecule is CCCCCCCCCCCCCCCCCCOC(=O)CCc1cc(C)c(O)c(C)c1.CCCCCCCCOc1cc(C)c(OCCCCCCCC)cc1C.Cc1cc(-c2ccccc2)cc(C)c1O.Cc1cc(C)c(O)c(C)c1. The lowest BCUT2D eigenvalue weighted by Crippen LogP contribution is -2.07. The molecule has 0 radical (unpaired) electrons. The highest BCUT2D eigenvalue weighted by Crippen LogP contribution is 2.31. The number of aryl methyl sites for hydroxylation is 10. The van der Waals surface area contributed by atoms with Gasteiger partial charge in [0.25, 0.3) is 0 Å². The lowest BCUT2D eigenvalue weighted by atomic mass is 10.00. The van der Waals surface area contributed by atoms with Gasteiger partial charge in [0.2, 0.25) is 0 Å². The molecule has 0 spiro atoms. The summed E-state index contributed by atoms with van der Waals surface area (Å²) >= 11 is 0. The Bertz CT molecular complexity index is 2360. The third kappa shape index (κ3) is 33.6. The van der Waals surface area contributed by atoms with E-state index in [-0.39, 0.29) is 5.97 Å². The van der Waals surface area contributed by atoms with Crippen LogP contribution < -0.4 is 9.47 Å². The van der Waals surface area contributed by atoms with Gasteiger partial charge in [-0.25, -0.2) is 0 Å². The van der Waals surface area contributed by atoms with E-state index < -0.39 is 0 Å². The highest BCUT2D eigenvalue weighted by atomic mass is 16.5. The number of rotatable bonds is 37. The Morgan fingerprint density at radius 2 is 0.663 bits per heavy atom. The maximum Gasteiger partial charge on any atom is 0.306 e. The van der Waals surface area contributed by atoms with E-state index in [9.17, 15) is 20.1 Å². The summed E-state index contributed by atoms with van der Waals surface area (Å²) in [5, 5.41) is 28.8. The highest BCUT2D eigenvalue weighted by Gasteiger charge is 2.10. The van der Waals surface area contributed by atoms with Gasteiger partial charge in [0.05, 0.1) is 19.8 Å². The fourth-order valence-electron chi connectivity index (χ4n) is 10.5. The smallest absolute Gasteiger partial charge is 0.306 e. The van der Waals surface area contributed by atoms with Crippen molar-refractivity contribution in [1.29, 1.82) is 0 Å². The van der Waals surface area contributed by atoms with E-state index in [1.165, 1.54) is 176 Å². The van der Waals surface area contributed by atoms with Crippen LogP contribution in [0.3, 0.4) is 0 Å². The number of phenols is 3. The number of esters is 1. The summed E-state index contributed by atoms with van der Waals surface area (Å²) in [6.07, 6.45) is 38.2. The van der Waals surface area contributed by atoms with Crippen LogP contribution in [0.25, 0.3) is 11.1 Å². The third-order valence-electron chi connectivity index (χ3n) is 15.6. The van der Waals surface area contributed by atoms with Gasteiger partial charge in [-0.2, -0.15) is 0 Å². The van der Waals surface area contributed by atoms with E-state index in [0.29, 0.717) is 36.7 Å². The number of carbonyl (C=O) groups excluding carboxylic acids is 1. The summed E-state index contributed by atoms with van der Waals surface area (Å²) in [6, 6.07) is 26.3. The minimum absolute atomic E-state index is 0.116. The maximum absolute atomic E-state index is 11.9. The fourth-order valence-corrected chi connectivity index (χ4v) is 10.5. The zero-order valence-corrected chi connectivity index (χ0v) is 54.8. The summed E-state index contributed by atoms with van der Waals surface area (Å²) < 4.78 is 17.4. The second-order valence-electron chi connectivity index (χ2n) is 23.8. The molecule has 0 atom stereocenters. The molecule has 7 nitrogen and oxygen atoms in total. The Morgan fingerprint density at radius 1 is 0.349 bits per heavy atom. The fraction of sp³-hybridized carbons (Fsp3) is 0.592. The third-order valence-corrected chi connectivity index (χ3v) is 15.6. The van der Waals surface area contributed by atoms with Gasteiger partial charge in [0.15, 0.2) is 0 Å². The monoisotopic (exact) mass is 1140 g/mol. The Kier molecular flexibility index (Phi) is 40.8. The van der Waals surface area contributed by atoms with Crippen molar-refractivity contribution in [1.82, 2.24) is 0 Å². The summed E-state index contributed by atoms with van der Waals surface area (Å²) in [5.74, 6) is 3.08. The molecule has 3 N–H and O–H groups in total. The predicted molar refractivity (Wildman–Crippen MR) is 355 cm³/mol. The van der Waals surface area contributed by atoms with Crippen molar-refractivity contribution in [3.05, 3.63) is 134 Å². The van der Waals surface area contributed by atoms with Gasteiger partial charge >= 0.3 is 5.97 Å². The van der Waals surface area contributed by atoms with Gasteiger partial charge in [0.1, 0.15) is 28.7 Å². The zero-order chi connectivity index (χ0) is 61.0. The minimum atomic E-state index is -0.116. The number of benzene rings is 5. The Labute approximate surface area is 507 Å². The molecular weight excluding hydrogens is 1020 g/mol. The van der Waals surface area contributed by atoms with E-state index in [0.717, 1.165) is 94.9 Å². The van der Waals surface area contributed by atoms with Crippen molar-refractivity contribution in [3.63, 3.8) is 0 Å². The van der Waals surface area contributed by atoms with Crippen molar-refractivity contribution >= 4 is 5.97 Å². The first kappa shape index (κ1) is 73.7. The van der Waals surface area contributed by atoms with Gasteiger partial charge in [-0.1, -0.05) is 241 Å². The summed E-state index contributed by atoms with van der Waals surface area (Å²) in [6.45, 7) is 26.7. The maximum atomic E-state index is 11.9. The summed E-state index contributed by atoms with van der Waals surface area (Å²) in [5.41, 5.74) is 12.5. The second-order valence-corrected chi connectivity index (χ2v) is 23.8.